The highest BCUT2D eigenvalue weighted by molar-refractivity contribution is 9.10. The molecule has 0 aliphatic carbocycles. The van der Waals surface area contributed by atoms with Gasteiger partial charge < -0.3 is 10.6 Å². The second kappa shape index (κ2) is 6.17. The summed E-state index contributed by atoms with van der Waals surface area (Å²) in [4.78, 5) is 0. The second-order valence-electron chi connectivity index (χ2n) is 4.41. The fraction of sp³-hybridized carbons (Fsp3) is 0.462. The van der Waals surface area contributed by atoms with Gasteiger partial charge >= 0.3 is 0 Å². The van der Waals surface area contributed by atoms with Crippen molar-refractivity contribution in [2.45, 2.75) is 25.3 Å². The summed E-state index contributed by atoms with van der Waals surface area (Å²) < 4.78 is 14.1. The number of rotatable bonds is 4. The molecule has 3 nitrogen and oxygen atoms in total. The summed E-state index contributed by atoms with van der Waals surface area (Å²) in [5, 5.41) is 15.3. The second-order valence-corrected chi connectivity index (χ2v) is 5.20. The van der Waals surface area contributed by atoms with Gasteiger partial charge in [-0.15, -0.1) is 0 Å². The molecular formula is C13H15BrFN3. The van der Waals surface area contributed by atoms with Crippen molar-refractivity contribution in [3.05, 3.63) is 28.0 Å². The van der Waals surface area contributed by atoms with Crippen LogP contribution in [-0.4, -0.2) is 19.1 Å². The standard InChI is InChI=1S/C13H15BrFN3/c14-12-9(8-16)3-4-11(13(12)15)18-7-5-10-2-1-6-17-10/h3-4,10,17-18H,1-2,5-7H2/t10-/m1/s1. The molecule has 18 heavy (non-hydrogen) atoms. The van der Waals surface area contributed by atoms with Crippen LogP contribution in [0.5, 0.6) is 0 Å². The maximum Gasteiger partial charge on any atom is 0.161 e. The van der Waals surface area contributed by atoms with Crippen LogP contribution in [-0.2, 0) is 0 Å². The first kappa shape index (κ1) is 13.3. The lowest BCUT2D eigenvalue weighted by molar-refractivity contribution is 0.571. The van der Waals surface area contributed by atoms with Crippen molar-refractivity contribution in [1.82, 2.24) is 5.32 Å². The third-order valence-electron chi connectivity index (χ3n) is 3.17. The normalized spacial score (nSPS) is 18.6. The molecule has 0 amide bonds. The Labute approximate surface area is 115 Å². The van der Waals surface area contributed by atoms with Crippen LogP contribution < -0.4 is 10.6 Å². The first-order valence-electron chi connectivity index (χ1n) is 6.07. The minimum Gasteiger partial charge on any atom is -0.383 e. The third-order valence-corrected chi connectivity index (χ3v) is 3.95. The van der Waals surface area contributed by atoms with E-state index < -0.39 is 5.82 Å². The van der Waals surface area contributed by atoms with Gasteiger partial charge in [0.1, 0.15) is 6.07 Å². The summed E-state index contributed by atoms with van der Waals surface area (Å²) in [7, 11) is 0. The van der Waals surface area contributed by atoms with Crippen molar-refractivity contribution >= 4 is 21.6 Å². The minimum absolute atomic E-state index is 0.231. The van der Waals surface area contributed by atoms with Crippen LogP contribution in [0.4, 0.5) is 10.1 Å². The molecule has 1 aliphatic rings. The maximum absolute atomic E-state index is 13.9. The Hall–Kier alpha value is -1.12. The topological polar surface area (TPSA) is 47.9 Å². The quantitative estimate of drug-likeness (QED) is 0.898. The number of hydrogen-bond acceptors (Lipinski definition) is 3. The predicted molar refractivity (Wildman–Crippen MR) is 72.9 cm³/mol. The summed E-state index contributed by atoms with van der Waals surface area (Å²) >= 11 is 3.10. The van der Waals surface area contributed by atoms with E-state index in [0.29, 0.717) is 17.3 Å². The van der Waals surface area contributed by atoms with E-state index in [1.165, 1.54) is 12.8 Å². The summed E-state index contributed by atoms with van der Waals surface area (Å²) in [6.07, 6.45) is 3.40. The Kier molecular flexibility index (Phi) is 4.56. The zero-order valence-electron chi connectivity index (χ0n) is 9.97. The summed E-state index contributed by atoms with van der Waals surface area (Å²) in [6, 6.07) is 5.71. The number of benzene rings is 1. The van der Waals surface area contributed by atoms with Gasteiger partial charge in [0, 0.05) is 12.6 Å². The molecule has 2 N–H and O–H groups in total. The van der Waals surface area contributed by atoms with Gasteiger partial charge in [-0.1, -0.05) is 0 Å². The Morgan fingerprint density at radius 2 is 2.39 bits per heavy atom. The number of anilines is 1. The van der Waals surface area contributed by atoms with Crippen molar-refractivity contribution < 1.29 is 4.39 Å². The first-order valence-corrected chi connectivity index (χ1v) is 6.87. The molecule has 1 fully saturated rings. The highest BCUT2D eigenvalue weighted by atomic mass is 79.9. The van der Waals surface area contributed by atoms with E-state index in [1.54, 1.807) is 12.1 Å². The van der Waals surface area contributed by atoms with Crippen molar-refractivity contribution in [3.63, 3.8) is 0 Å². The Bertz CT molecular complexity index is 464. The van der Waals surface area contributed by atoms with E-state index in [2.05, 4.69) is 26.6 Å². The number of hydrogen-bond donors (Lipinski definition) is 2. The summed E-state index contributed by atoms with van der Waals surface area (Å²) in [5.41, 5.74) is 0.759. The molecule has 1 aromatic carbocycles. The van der Waals surface area contributed by atoms with Crippen molar-refractivity contribution in [1.29, 1.82) is 5.26 Å². The van der Waals surface area contributed by atoms with Gasteiger partial charge in [0.05, 0.1) is 15.7 Å². The molecule has 0 spiro atoms. The number of nitrogens with zero attached hydrogens (tertiary/aromatic N) is 1. The van der Waals surface area contributed by atoms with Gasteiger partial charge in [0.15, 0.2) is 5.82 Å². The molecule has 0 aromatic heterocycles. The van der Waals surface area contributed by atoms with Crippen LogP contribution in [0.1, 0.15) is 24.8 Å². The molecule has 96 valence electrons. The van der Waals surface area contributed by atoms with Crippen LogP contribution in [0, 0.1) is 17.1 Å². The first-order chi connectivity index (χ1) is 8.72. The lowest BCUT2D eigenvalue weighted by Crippen LogP contribution is -2.24. The highest BCUT2D eigenvalue weighted by Crippen LogP contribution is 2.26. The van der Waals surface area contributed by atoms with Crippen LogP contribution in [0.3, 0.4) is 0 Å². The van der Waals surface area contributed by atoms with Crippen LogP contribution >= 0.6 is 15.9 Å². The molecule has 0 saturated carbocycles. The highest BCUT2D eigenvalue weighted by Gasteiger charge is 2.14. The molecule has 1 atom stereocenters. The van der Waals surface area contributed by atoms with Gasteiger partial charge in [-0.2, -0.15) is 5.26 Å². The van der Waals surface area contributed by atoms with Gasteiger partial charge in [0.2, 0.25) is 0 Å². The molecule has 2 rings (SSSR count). The van der Waals surface area contributed by atoms with Crippen molar-refractivity contribution in [3.8, 4) is 6.07 Å². The molecule has 5 heteroatoms. The van der Waals surface area contributed by atoms with E-state index in [1.807, 2.05) is 6.07 Å². The van der Waals surface area contributed by atoms with E-state index in [0.717, 1.165) is 19.5 Å². The SMILES string of the molecule is N#Cc1ccc(NCC[C@H]2CCCN2)c(F)c1Br. The fourth-order valence-electron chi connectivity index (χ4n) is 2.16. The number of nitriles is 1. The van der Waals surface area contributed by atoms with Crippen LogP contribution in [0.2, 0.25) is 0 Å². The predicted octanol–water partition coefficient (Wildman–Crippen LogP) is 3.01. The van der Waals surface area contributed by atoms with Crippen LogP contribution in [0.15, 0.2) is 16.6 Å². The van der Waals surface area contributed by atoms with Crippen molar-refractivity contribution in [2.24, 2.45) is 0 Å². The van der Waals surface area contributed by atoms with E-state index in [4.69, 9.17) is 5.26 Å². The Morgan fingerprint density at radius 3 is 3.06 bits per heavy atom. The minimum atomic E-state index is -0.395. The van der Waals surface area contributed by atoms with Crippen LogP contribution in [0.25, 0.3) is 0 Å². The van der Waals surface area contributed by atoms with Crippen molar-refractivity contribution in [2.75, 3.05) is 18.4 Å². The zero-order valence-corrected chi connectivity index (χ0v) is 11.6. The zero-order chi connectivity index (χ0) is 13.0. The molecule has 0 unspecified atom stereocenters. The molecule has 1 saturated heterocycles. The van der Waals surface area contributed by atoms with Gasteiger partial charge in [-0.25, -0.2) is 4.39 Å². The number of nitrogens with one attached hydrogen (secondary N) is 2. The lowest BCUT2D eigenvalue weighted by atomic mass is 10.1. The molecule has 1 aliphatic heterocycles. The largest absolute Gasteiger partial charge is 0.383 e. The van der Waals surface area contributed by atoms with Gasteiger partial charge in [0.25, 0.3) is 0 Å². The maximum atomic E-state index is 13.9. The number of halogens is 2. The third kappa shape index (κ3) is 3.01. The lowest BCUT2D eigenvalue weighted by Gasteiger charge is -2.12. The van der Waals surface area contributed by atoms with E-state index >= 15 is 0 Å². The molecule has 1 aromatic rings. The average molecular weight is 312 g/mol. The van der Waals surface area contributed by atoms with E-state index in [9.17, 15) is 4.39 Å². The summed E-state index contributed by atoms with van der Waals surface area (Å²) in [6.45, 7) is 1.81. The molecular weight excluding hydrogens is 297 g/mol. The van der Waals surface area contributed by atoms with E-state index in [-0.39, 0.29) is 4.47 Å². The molecule has 0 bridgehead atoms. The molecule has 0 radical (unpaired) electrons. The smallest absolute Gasteiger partial charge is 0.161 e. The average Bonchev–Trinajstić information content (AvgIpc) is 2.88. The molecule has 1 heterocycles. The fourth-order valence-corrected chi connectivity index (χ4v) is 2.59. The monoisotopic (exact) mass is 311 g/mol. The van der Waals surface area contributed by atoms with Gasteiger partial charge in [-0.3, -0.25) is 0 Å². The Balaban J connectivity index is 1.93. The van der Waals surface area contributed by atoms with Gasteiger partial charge in [-0.05, 0) is 53.9 Å². The Morgan fingerprint density at radius 1 is 1.56 bits per heavy atom. The summed E-state index contributed by atoms with van der Waals surface area (Å²) in [5.74, 6) is -0.395.